The highest BCUT2D eigenvalue weighted by atomic mass is 16.3. The Hall–Kier alpha value is -1.35. The minimum Gasteiger partial charge on any atom is -0.396 e. The van der Waals surface area contributed by atoms with Crippen molar-refractivity contribution in [1.82, 2.24) is 5.32 Å². The van der Waals surface area contributed by atoms with E-state index in [0.29, 0.717) is 19.4 Å². The second kappa shape index (κ2) is 6.40. The molecular formula is C17H25NO2. The van der Waals surface area contributed by atoms with E-state index < -0.39 is 0 Å². The Balaban J connectivity index is 1.85. The highest BCUT2D eigenvalue weighted by Gasteiger charge is 2.18. The fourth-order valence-electron chi connectivity index (χ4n) is 2.71. The summed E-state index contributed by atoms with van der Waals surface area (Å²) in [4.78, 5) is 12.0. The summed E-state index contributed by atoms with van der Waals surface area (Å²) in [5.41, 5.74) is 3.90. The van der Waals surface area contributed by atoms with E-state index in [1.54, 1.807) is 0 Å². The van der Waals surface area contributed by atoms with Crippen molar-refractivity contribution in [3.8, 4) is 0 Å². The van der Waals surface area contributed by atoms with Crippen LogP contribution in [-0.4, -0.2) is 24.2 Å². The van der Waals surface area contributed by atoms with Gasteiger partial charge in [0, 0.05) is 13.2 Å². The molecule has 0 atom stereocenters. The van der Waals surface area contributed by atoms with Gasteiger partial charge in [-0.15, -0.1) is 0 Å². The predicted octanol–water partition coefficient (Wildman–Crippen LogP) is 2.24. The molecule has 110 valence electrons. The van der Waals surface area contributed by atoms with Crippen molar-refractivity contribution >= 4 is 5.91 Å². The maximum atomic E-state index is 12.0. The van der Waals surface area contributed by atoms with Crippen LogP contribution in [0.1, 0.15) is 43.4 Å². The summed E-state index contributed by atoms with van der Waals surface area (Å²) in [6.45, 7) is 4.88. The van der Waals surface area contributed by atoms with Crippen LogP contribution in [0, 0.1) is 5.41 Å². The van der Waals surface area contributed by atoms with Crippen LogP contribution in [0.4, 0.5) is 0 Å². The molecule has 0 aliphatic heterocycles. The molecule has 1 aromatic carbocycles. The molecule has 3 nitrogen and oxygen atoms in total. The third-order valence-corrected chi connectivity index (χ3v) is 4.08. The lowest BCUT2D eigenvalue weighted by Gasteiger charge is -2.23. The molecule has 1 aliphatic carbocycles. The van der Waals surface area contributed by atoms with E-state index >= 15 is 0 Å². The maximum absolute atomic E-state index is 12.0. The van der Waals surface area contributed by atoms with Gasteiger partial charge in [0.1, 0.15) is 0 Å². The van der Waals surface area contributed by atoms with Crippen LogP contribution in [0.5, 0.6) is 0 Å². The number of hydrogen-bond acceptors (Lipinski definition) is 2. The second-order valence-corrected chi connectivity index (χ2v) is 6.55. The van der Waals surface area contributed by atoms with Crippen LogP contribution in [0.15, 0.2) is 18.2 Å². The molecule has 1 aliphatic rings. The summed E-state index contributed by atoms with van der Waals surface area (Å²) in [6, 6.07) is 6.42. The zero-order chi connectivity index (χ0) is 14.6. The number of hydrogen-bond donors (Lipinski definition) is 2. The van der Waals surface area contributed by atoms with Gasteiger partial charge < -0.3 is 10.4 Å². The lowest BCUT2D eigenvalue weighted by molar-refractivity contribution is -0.120. The van der Waals surface area contributed by atoms with Crippen LogP contribution in [-0.2, 0) is 24.1 Å². The first kappa shape index (κ1) is 15.0. The summed E-state index contributed by atoms with van der Waals surface area (Å²) in [5.74, 6) is 0.0639. The Morgan fingerprint density at radius 3 is 2.80 bits per heavy atom. The lowest BCUT2D eigenvalue weighted by atomic mass is 9.89. The smallest absolute Gasteiger partial charge is 0.224 e. The molecule has 3 heteroatoms. The van der Waals surface area contributed by atoms with Crippen LogP contribution >= 0.6 is 0 Å². The number of carbonyl (C=O) groups is 1. The normalized spacial score (nSPS) is 14.2. The molecule has 1 aromatic rings. The van der Waals surface area contributed by atoms with Gasteiger partial charge >= 0.3 is 0 Å². The van der Waals surface area contributed by atoms with E-state index in [2.05, 4.69) is 37.4 Å². The molecule has 20 heavy (non-hydrogen) atoms. The topological polar surface area (TPSA) is 49.3 Å². The summed E-state index contributed by atoms with van der Waals surface area (Å²) >= 11 is 0. The number of aryl methyl sites for hydroxylation is 2. The molecule has 0 bridgehead atoms. The Bertz CT molecular complexity index is 480. The molecule has 0 radical (unpaired) electrons. The third kappa shape index (κ3) is 4.07. The average Bonchev–Trinajstić information content (AvgIpc) is 2.84. The second-order valence-electron chi connectivity index (χ2n) is 6.55. The van der Waals surface area contributed by atoms with E-state index in [-0.39, 0.29) is 17.9 Å². The molecule has 0 saturated carbocycles. The number of rotatable bonds is 6. The highest BCUT2D eigenvalue weighted by Crippen LogP contribution is 2.23. The zero-order valence-corrected chi connectivity index (χ0v) is 12.5. The number of fused-ring (bicyclic) bond motifs is 1. The van der Waals surface area contributed by atoms with Gasteiger partial charge in [0.05, 0.1) is 6.42 Å². The first-order chi connectivity index (χ1) is 9.50. The van der Waals surface area contributed by atoms with Crippen molar-refractivity contribution in [2.24, 2.45) is 5.41 Å². The van der Waals surface area contributed by atoms with E-state index in [9.17, 15) is 4.79 Å². The molecule has 1 amide bonds. The van der Waals surface area contributed by atoms with Crippen molar-refractivity contribution in [2.45, 2.75) is 46.0 Å². The molecular weight excluding hydrogens is 250 g/mol. The van der Waals surface area contributed by atoms with E-state index in [1.165, 1.54) is 24.0 Å². The number of aliphatic hydroxyl groups excluding tert-OH is 1. The molecule has 0 fully saturated rings. The van der Waals surface area contributed by atoms with Gasteiger partial charge in [0.25, 0.3) is 0 Å². The van der Waals surface area contributed by atoms with Crippen molar-refractivity contribution in [2.75, 3.05) is 13.2 Å². The predicted molar refractivity (Wildman–Crippen MR) is 80.7 cm³/mol. The fourth-order valence-corrected chi connectivity index (χ4v) is 2.71. The number of nitrogens with one attached hydrogen (secondary N) is 1. The summed E-state index contributed by atoms with van der Waals surface area (Å²) in [6.07, 6.45) is 4.71. The van der Waals surface area contributed by atoms with Crippen LogP contribution < -0.4 is 5.32 Å². The number of aliphatic hydroxyl groups is 1. The largest absolute Gasteiger partial charge is 0.396 e. The lowest BCUT2D eigenvalue weighted by Crippen LogP contribution is -2.35. The van der Waals surface area contributed by atoms with E-state index in [4.69, 9.17) is 5.11 Å². The molecule has 0 unspecified atom stereocenters. The number of carbonyl (C=O) groups excluding carboxylic acids is 1. The van der Waals surface area contributed by atoms with Crippen LogP contribution in [0.2, 0.25) is 0 Å². The van der Waals surface area contributed by atoms with Gasteiger partial charge in [0.15, 0.2) is 0 Å². The van der Waals surface area contributed by atoms with Crippen LogP contribution in [0.25, 0.3) is 0 Å². The quantitative estimate of drug-likeness (QED) is 0.836. The minimum absolute atomic E-state index is 0.0532. The average molecular weight is 275 g/mol. The minimum atomic E-state index is -0.0532. The Labute approximate surface area is 121 Å². The van der Waals surface area contributed by atoms with Gasteiger partial charge in [0.2, 0.25) is 5.91 Å². The number of benzene rings is 1. The Morgan fingerprint density at radius 2 is 2.05 bits per heavy atom. The summed E-state index contributed by atoms with van der Waals surface area (Å²) < 4.78 is 0. The van der Waals surface area contributed by atoms with Crippen molar-refractivity contribution in [3.63, 3.8) is 0 Å². The number of amides is 1. The highest BCUT2D eigenvalue weighted by molar-refractivity contribution is 5.78. The molecule has 0 saturated heterocycles. The van der Waals surface area contributed by atoms with Gasteiger partial charge in [-0.25, -0.2) is 0 Å². The summed E-state index contributed by atoms with van der Waals surface area (Å²) in [5, 5.41) is 12.0. The van der Waals surface area contributed by atoms with Crippen molar-refractivity contribution in [1.29, 1.82) is 0 Å². The molecule has 0 spiro atoms. The Morgan fingerprint density at radius 1 is 1.30 bits per heavy atom. The maximum Gasteiger partial charge on any atom is 0.224 e. The fraction of sp³-hybridized carbons (Fsp3) is 0.588. The molecule has 0 aromatic heterocycles. The van der Waals surface area contributed by atoms with Crippen molar-refractivity contribution in [3.05, 3.63) is 34.9 Å². The van der Waals surface area contributed by atoms with Crippen LogP contribution in [0.3, 0.4) is 0 Å². The van der Waals surface area contributed by atoms with Gasteiger partial charge in [-0.2, -0.15) is 0 Å². The standard InChI is InChI=1S/C17H25NO2/c1-17(2,8-9-19)12-18-16(20)11-13-6-7-14-4-3-5-15(14)10-13/h6-7,10,19H,3-5,8-9,11-12H2,1-2H3,(H,18,20). The van der Waals surface area contributed by atoms with Crippen molar-refractivity contribution < 1.29 is 9.90 Å². The molecule has 2 N–H and O–H groups in total. The molecule has 2 rings (SSSR count). The summed E-state index contributed by atoms with van der Waals surface area (Å²) in [7, 11) is 0. The van der Waals surface area contributed by atoms with Gasteiger partial charge in [-0.05, 0) is 47.8 Å². The third-order valence-electron chi connectivity index (χ3n) is 4.08. The monoisotopic (exact) mass is 275 g/mol. The first-order valence-corrected chi connectivity index (χ1v) is 7.48. The van der Waals surface area contributed by atoms with Gasteiger partial charge in [-0.3, -0.25) is 4.79 Å². The zero-order valence-electron chi connectivity index (χ0n) is 12.5. The SMILES string of the molecule is CC(C)(CCO)CNC(=O)Cc1ccc2c(c1)CCC2. The Kier molecular flexibility index (Phi) is 4.81. The molecule has 0 heterocycles. The first-order valence-electron chi connectivity index (χ1n) is 7.48. The van der Waals surface area contributed by atoms with E-state index in [0.717, 1.165) is 12.0 Å². The van der Waals surface area contributed by atoms with Gasteiger partial charge in [-0.1, -0.05) is 32.0 Å². The van der Waals surface area contributed by atoms with E-state index in [1.807, 2.05) is 0 Å².